The number of nitrogens with zero attached hydrogens (tertiary/aromatic N) is 3. The first-order valence-corrected chi connectivity index (χ1v) is 10.1. The molecule has 1 amide bonds. The number of fused-ring (bicyclic) bond motifs is 1. The maximum absolute atomic E-state index is 13.4. The predicted octanol–water partition coefficient (Wildman–Crippen LogP) is 6.15. The van der Waals surface area contributed by atoms with Crippen molar-refractivity contribution in [1.29, 1.82) is 0 Å². The molecule has 2 aromatic carbocycles. The summed E-state index contributed by atoms with van der Waals surface area (Å²) in [5.41, 5.74) is 3.28. The summed E-state index contributed by atoms with van der Waals surface area (Å²) in [6, 6.07) is 14.7. The summed E-state index contributed by atoms with van der Waals surface area (Å²) in [7, 11) is 0. The van der Waals surface area contributed by atoms with Gasteiger partial charge in [0.05, 0.1) is 27.3 Å². The number of pyridine rings is 1. The lowest BCUT2D eigenvalue weighted by Crippen LogP contribution is -2.30. The Morgan fingerprint density at radius 3 is 2.75 bits per heavy atom. The maximum atomic E-state index is 13.4. The summed E-state index contributed by atoms with van der Waals surface area (Å²) >= 11 is 13.8. The van der Waals surface area contributed by atoms with Crippen LogP contribution in [-0.4, -0.2) is 15.9 Å². The number of benzene rings is 2. The SMILES string of the molecule is Cc1ccc2nc(N(Cc3cccnc3)C(=O)c3ccc(Cl)cc3Cl)sc2c1. The highest BCUT2D eigenvalue weighted by Gasteiger charge is 2.24. The second-order valence-corrected chi connectivity index (χ2v) is 8.20. The van der Waals surface area contributed by atoms with Crippen molar-refractivity contribution in [2.75, 3.05) is 4.90 Å². The Bertz CT molecular complexity index is 1160. The molecule has 0 bridgehead atoms. The minimum absolute atomic E-state index is 0.235. The van der Waals surface area contributed by atoms with Crippen LogP contribution in [0, 0.1) is 6.92 Å². The Morgan fingerprint density at radius 1 is 1.14 bits per heavy atom. The fraction of sp³-hybridized carbons (Fsp3) is 0.0952. The molecule has 140 valence electrons. The molecule has 0 atom stereocenters. The second kappa shape index (κ2) is 7.87. The summed E-state index contributed by atoms with van der Waals surface area (Å²) in [6.45, 7) is 2.37. The van der Waals surface area contributed by atoms with Crippen LogP contribution >= 0.6 is 34.5 Å². The normalized spacial score (nSPS) is 11.0. The Morgan fingerprint density at radius 2 is 2.00 bits per heavy atom. The van der Waals surface area contributed by atoms with Crippen molar-refractivity contribution in [1.82, 2.24) is 9.97 Å². The average molecular weight is 428 g/mol. The van der Waals surface area contributed by atoms with E-state index in [-0.39, 0.29) is 5.91 Å². The molecule has 4 aromatic rings. The third-order valence-corrected chi connectivity index (χ3v) is 5.82. The molecule has 0 aliphatic carbocycles. The van der Waals surface area contributed by atoms with Crippen molar-refractivity contribution in [3.05, 3.63) is 87.7 Å². The number of aryl methyl sites for hydroxylation is 1. The van der Waals surface area contributed by atoms with Crippen molar-refractivity contribution in [3.63, 3.8) is 0 Å². The lowest BCUT2D eigenvalue weighted by Gasteiger charge is -2.20. The zero-order valence-corrected chi connectivity index (χ0v) is 17.2. The van der Waals surface area contributed by atoms with Gasteiger partial charge in [0.2, 0.25) is 0 Å². The van der Waals surface area contributed by atoms with E-state index in [1.807, 2.05) is 31.2 Å². The highest BCUT2D eigenvalue weighted by molar-refractivity contribution is 7.22. The highest BCUT2D eigenvalue weighted by atomic mass is 35.5. The van der Waals surface area contributed by atoms with Crippen molar-refractivity contribution < 1.29 is 4.79 Å². The number of hydrogen-bond donors (Lipinski definition) is 0. The largest absolute Gasteiger partial charge is 0.279 e. The maximum Gasteiger partial charge on any atom is 0.261 e. The Hall–Kier alpha value is -2.47. The highest BCUT2D eigenvalue weighted by Crippen LogP contribution is 2.32. The molecule has 0 spiro atoms. The number of aromatic nitrogens is 2. The van der Waals surface area contributed by atoms with E-state index < -0.39 is 0 Å². The van der Waals surface area contributed by atoms with Crippen molar-refractivity contribution in [2.45, 2.75) is 13.5 Å². The van der Waals surface area contributed by atoms with Crippen LogP contribution in [0.25, 0.3) is 10.2 Å². The van der Waals surface area contributed by atoms with Crippen LogP contribution in [0.2, 0.25) is 10.0 Å². The molecule has 0 aliphatic rings. The number of amides is 1. The van der Waals surface area contributed by atoms with E-state index >= 15 is 0 Å². The summed E-state index contributed by atoms with van der Waals surface area (Å²) in [4.78, 5) is 23.8. The molecule has 0 fully saturated rings. The van der Waals surface area contributed by atoms with Crippen LogP contribution < -0.4 is 4.90 Å². The van der Waals surface area contributed by atoms with E-state index in [0.717, 1.165) is 21.3 Å². The average Bonchev–Trinajstić information content (AvgIpc) is 3.09. The first-order chi connectivity index (χ1) is 13.5. The van der Waals surface area contributed by atoms with Gasteiger partial charge in [-0.3, -0.25) is 14.7 Å². The number of carbonyl (C=O) groups is 1. The topological polar surface area (TPSA) is 46.1 Å². The first kappa shape index (κ1) is 18.9. The summed E-state index contributed by atoms with van der Waals surface area (Å²) < 4.78 is 1.03. The summed E-state index contributed by atoms with van der Waals surface area (Å²) in [5.74, 6) is -0.235. The number of thiazole rings is 1. The molecule has 7 heteroatoms. The molecular formula is C21H15Cl2N3OS. The van der Waals surface area contributed by atoms with E-state index in [1.165, 1.54) is 11.3 Å². The lowest BCUT2D eigenvalue weighted by atomic mass is 10.2. The predicted molar refractivity (Wildman–Crippen MR) is 116 cm³/mol. The standard InChI is InChI=1S/C21H15Cl2N3OS/c1-13-4-7-18-19(9-13)28-21(25-18)26(12-14-3-2-8-24-11-14)20(27)16-6-5-15(22)10-17(16)23/h2-11H,12H2,1H3. The number of halogens is 2. The van der Waals surface area contributed by atoms with E-state index in [2.05, 4.69) is 16.0 Å². The Kier molecular flexibility index (Phi) is 5.31. The van der Waals surface area contributed by atoms with Crippen LogP contribution in [0.3, 0.4) is 0 Å². The molecule has 28 heavy (non-hydrogen) atoms. The van der Waals surface area contributed by atoms with E-state index in [0.29, 0.717) is 27.3 Å². The molecule has 0 saturated carbocycles. The lowest BCUT2D eigenvalue weighted by molar-refractivity contribution is 0.0985. The quantitative estimate of drug-likeness (QED) is 0.392. The van der Waals surface area contributed by atoms with Gasteiger partial charge in [0.1, 0.15) is 0 Å². The van der Waals surface area contributed by atoms with Gasteiger partial charge in [-0.25, -0.2) is 4.98 Å². The van der Waals surface area contributed by atoms with Crippen molar-refractivity contribution in [3.8, 4) is 0 Å². The zero-order valence-electron chi connectivity index (χ0n) is 14.9. The van der Waals surface area contributed by atoms with Gasteiger partial charge in [0, 0.05) is 17.4 Å². The first-order valence-electron chi connectivity index (χ1n) is 8.54. The summed E-state index contributed by atoms with van der Waals surface area (Å²) in [5, 5.41) is 1.40. The van der Waals surface area contributed by atoms with Crippen LogP contribution in [0.4, 0.5) is 5.13 Å². The van der Waals surface area contributed by atoms with Crippen LogP contribution in [0.1, 0.15) is 21.5 Å². The minimum Gasteiger partial charge on any atom is -0.279 e. The third-order valence-electron chi connectivity index (χ3n) is 4.23. The van der Waals surface area contributed by atoms with E-state index in [9.17, 15) is 4.79 Å². The number of hydrogen-bond acceptors (Lipinski definition) is 4. The second-order valence-electron chi connectivity index (χ2n) is 6.34. The molecular weight excluding hydrogens is 413 g/mol. The van der Waals surface area contributed by atoms with E-state index in [1.54, 1.807) is 35.5 Å². The Labute approximate surface area is 176 Å². The molecule has 4 nitrogen and oxygen atoms in total. The molecule has 0 unspecified atom stereocenters. The van der Waals surface area contributed by atoms with Gasteiger partial charge in [-0.05, 0) is 54.4 Å². The molecule has 2 aromatic heterocycles. The van der Waals surface area contributed by atoms with Crippen LogP contribution in [-0.2, 0) is 6.54 Å². The van der Waals surface area contributed by atoms with Gasteiger partial charge in [-0.1, -0.05) is 46.7 Å². The van der Waals surface area contributed by atoms with E-state index in [4.69, 9.17) is 23.2 Å². The molecule has 2 heterocycles. The van der Waals surface area contributed by atoms with Crippen LogP contribution in [0.5, 0.6) is 0 Å². The van der Waals surface area contributed by atoms with Crippen molar-refractivity contribution in [2.24, 2.45) is 0 Å². The van der Waals surface area contributed by atoms with Crippen LogP contribution in [0.15, 0.2) is 60.9 Å². The van der Waals surface area contributed by atoms with Gasteiger partial charge < -0.3 is 0 Å². The van der Waals surface area contributed by atoms with Gasteiger partial charge in [-0.15, -0.1) is 0 Å². The van der Waals surface area contributed by atoms with Gasteiger partial charge in [-0.2, -0.15) is 0 Å². The molecule has 0 N–H and O–H groups in total. The minimum atomic E-state index is -0.235. The zero-order chi connectivity index (χ0) is 19.7. The van der Waals surface area contributed by atoms with Crippen molar-refractivity contribution >= 4 is 55.8 Å². The van der Waals surface area contributed by atoms with Gasteiger partial charge in [0.15, 0.2) is 5.13 Å². The molecule has 0 aliphatic heterocycles. The molecule has 0 radical (unpaired) electrons. The number of rotatable bonds is 4. The number of carbonyl (C=O) groups excluding carboxylic acids is 1. The number of anilines is 1. The molecule has 4 rings (SSSR count). The fourth-order valence-electron chi connectivity index (χ4n) is 2.84. The monoisotopic (exact) mass is 427 g/mol. The van der Waals surface area contributed by atoms with Gasteiger partial charge in [0.25, 0.3) is 5.91 Å². The van der Waals surface area contributed by atoms with Gasteiger partial charge >= 0.3 is 0 Å². The third kappa shape index (κ3) is 3.87. The fourth-order valence-corrected chi connectivity index (χ4v) is 4.39. The molecule has 0 saturated heterocycles. The smallest absolute Gasteiger partial charge is 0.261 e. The summed E-state index contributed by atoms with van der Waals surface area (Å²) in [6.07, 6.45) is 3.44. The Balaban J connectivity index is 1.79.